The van der Waals surface area contributed by atoms with E-state index in [0.717, 1.165) is 16.7 Å². The predicted molar refractivity (Wildman–Crippen MR) is 57.1 cm³/mol. The third kappa shape index (κ3) is 1.71. The molecule has 0 saturated heterocycles. The molecule has 5 nitrogen and oxygen atoms in total. The van der Waals surface area contributed by atoms with E-state index >= 15 is 0 Å². The maximum absolute atomic E-state index is 9.87. The van der Waals surface area contributed by atoms with E-state index in [1.807, 2.05) is 11.6 Å². The molecule has 0 bridgehead atoms. The van der Waals surface area contributed by atoms with Crippen molar-refractivity contribution in [2.24, 2.45) is 12.8 Å². The second kappa shape index (κ2) is 3.96. The number of aliphatic hydroxyl groups is 1. The Bertz CT molecular complexity index is 465. The Morgan fingerprint density at radius 3 is 3.07 bits per heavy atom. The number of hydrogen-bond donors (Lipinski definition) is 2. The molecule has 3 N–H and O–H groups in total. The summed E-state index contributed by atoms with van der Waals surface area (Å²) in [5, 5.41) is 9.87. The van der Waals surface area contributed by atoms with Gasteiger partial charge in [-0.3, -0.25) is 0 Å². The molecule has 2 rings (SSSR count). The first-order chi connectivity index (χ1) is 7.24. The molecule has 1 unspecified atom stereocenters. The zero-order valence-electron chi connectivity index (χ0n) is 8.59. The number of aromatic nitrogens is 3. The highest BCUT2D eigenvalue weighted by Crippen LogP contribution is 2.22. The molecule has 0 saturated carbocycles. The molecule has 2 aromatic heterocycles. The molecule has 0 aliphatic carbocycles. The number of nitrogens with two attached hydrogens (primary N) is 1. The molecule has 0 fully saturated rings. The van der Waals surface area contributed by atoms with Crippen molar-refractivity contribution in [3.63, 3.8) is 0 Å². The van der Waals surface area contributed by atoms with Crippen LogP contribution in [0.25, 0.3) is 11.2 Å². The molecule has 0 aliphatic heterocycles. The molecule has 0 spiro atoms. The van der Waals surface area contributed by atoms with Gasteiger partial charge in [0.15, 0.2) is 5.65 Å². The Morgan fingerprint density at radius 1 is 1.53 bits per heavy atom. The molecule has 0 amide bonds. The summed E-state index contributed by atoms with van der Waals surface area (Å²) in [5.41, 5.74) is 7.74. The number of imidazole rings is 1. The van der Waals surface area contributed by atoms with Gasteiger partial charge in [-0.25, -0.2) is 9.97 Å². The van der Waals surface area contributed by atoms with E-state index in [1.54, 1.807) is 18.6 Å². The standard InChI is InChI=1S/C10H14N4O/c1-14-6-13-9-7(8(15)2-4-11)3-5-12-10(9)14/h3,5-6,8,15H,2,4,11H2,1H3. The van der Waals surface area contributed by atoms with Gasteiger partial charge < -0.3 is 15.4 Å². The molecule has 0 radical (unpaired) electrons. The Balaban J connectivity index is 2.51. The van der Waals surface area contributed by atoms with Crippen LogP contribution in [-0.2, 0) is 7.05 Å². The van der Waals surface area contributed by atoms with E-state index < -0.39 is 6.10 Å². The smallest absolute Gasteiger partial charge is 0.159 e. The lowest BCUT2D eigenvalue weighted by molar-refractivity contribution is 0.171. The highest BCUT2D eigenvalue weighted by Gasteiger charge is 2.13. The van der Waals surface area contributed by atoms with Crippen molar-refractivity contribution in [1.29, 1.82) is 0 Å². The molecule has 2 heterocycles. The molecule has 5 heteroatoms. The van der Waals surface area contributed by atoms with Crippen LogP contribution in [0.4, 0.5) is 0 Å². The van der Waals surface area contributed by atoms with Gasteiger partial charge in [0, 0.05) is 18.8 Å². The van der Waals surface area contributed by atoms with Gasteiger partial charge in [0.1, 0.15) is 5.52 Å². The van der Waals surface area contributed by atoms with Crippen LogP contribution in [0.15, 0.2) is 18.6 Å². The average Bonchev–Trinajstić information content (AvgIpc) is 2.61. The minimum absolute atomic E-state index is 0.456. The van der Waals surface area contributed by atoms with Crippen LogP contribution in [0.3, 0.4) is 0 Å². The number of pyridine rings is 1. The number of nitrogens with zero attached hydrogens (tertiary/aromatic N) is 3. The molecule has 80 valence electrons. The fourth-order valence-corrected chi connectivity index (χ4v) is 1.63. The van der Waals surface area contributed by atoms with Gasteiger partial charge >= 0.3 is 0 Å². The van der Waals surface area contributed by atoms with Crippen molar-refractivity contribution in [2.45, 2.75) is 12.5 Å². The van der Waals surface area contributed by atoms with Crippen LogP contribution in [-0.4, -0.2) is 26.2 Å². The topological polar surface area (TPSA) is 77.0 Å². The molecule has 1 atom stereocenters. The maximum atomic E-state index is 9.87. The highest BCUT2D eigenvalue weighted by molar-refractivity contribution is 5.75. The maximum Gasteiger partial charge on any atom is 0.159 e. The second-order valence-electron chi connectivity index (χ2n) is 3.52. The minimum Gasteiger partial charge on any atom is -0.388 e. The Hall–Kier alpha value is -1.46. The van der Waals surface area contributed by atoms with Crippen LogP contribution < -0.4 is 5.73 Å². The SMILES string of the molecule is Cn1cnc2c(C(O)CCN)ccnc21. The van der Waals surface area contributed by atoms with Crippen molar-refractivity contribution < 1.29 is 5.11 Å². The van der Waals surface area contributed by atoms with Gasteiger partial charge in [-0.05, 0) is 19.0 Å². The summed E-state index contributed by atoms with van der Waals surface area (Å²) in [7, 11) is 1.88. The van der Waals surface area contributed by atoms with E-state index in [1.165, 1.54) is 0 Å². The average molecular weight is 206 g/mol. The lowest BCUT2D eigenvalue weighted by Gasteiger charge is -2.09. The summed E-state index contributed by atoms with van der Waals surface area (Å²) in [5.74, 6) is 0. The first-order valence-corrected chi connectivity index (χ1v) is 4.88. The van der Waals surface area contributed by atoms with E-state index in [2.05, 4.69) is 9.97 Å². The lowest BCUT2D eigenvalue weighted by Crippen LogP contribution is -2.07. The van der Waals surface area contributed by atoms with E-state index in [4.69, 9.17) is 5.73 Å². The summed E-state index contributed by atoms with van der Waals surface area (Å²) in [4.78, 5) is 8.42. The Kier molecular flexibility index (Phi) is 2.66. The van der Waals surface area contributed by atoms with E-state index in [0.29, 0.717) is 13.0 Å². The van der Waals surface area contributed by atoms with Crippen LogP contribution in [0, 0.1) is 0 Å². The fourth-order valence-electron chi connectivity index (χ4n) is 1.63. The van der Waals surface area contributed by atoms with Crippen molar-refractivity contribution in [3.8, 4) is 0 Å². The molecule has 0 aliphatic rings. The van der Waals surface area contributed by atoms with Crippen molar-refractivity contribution in [2.75, 3.05) is 6.54 Å². The zero-order chi connectivity index (χ0) is 10.8. The van der Waals surface area contributed by atoms with Gasteiger partial charge in [0.05, 0.1) is 12.4 Å². The number of aliphatic hydroxyl groups excluding tert-OH is 1. The first kappa shape index (κ1) is 10.1. The van der Waals surface area contributed by atoms with Crippen LogP contribution in [0.1, 0.15) is 18.1 Å². The Morgan fingerprint density at radius 2 is 2.33 bits per heavy atom. The summed E-state index contributed by atoms with van der Waals surface area (Å²) < 4.78 is 1.83. The molecular formula is C10H14N4O. The zero-order valence-corrected chi connectivity index (χ0v) is 8.59. The monoisotopic (exact) mass is 206 g/mol. The number of fused-ring (bicyclic) bond motifs is 1. The third-order valence-electron chi connectivity index (χ3n) is 2.43. The van der Waals surface area contributed by atoms with Crippen molar-refractivity contribution in [1.82, 2.24) is 14.5 Å². The number of aryl methyl sites for hydroxylation is 1. The number of hydrogen-bond acceptors (Lipinski definition) is 4. The summed E-state index contributed by atoms with van der Waals surface area (Å²) in [6.45, 7) is 0.456. The van der Waals surface area contributed by atoms with Gasteiger partial charge in [-0.1, -0.05) is 0 Å². The molecular weight excluding hydrogens is 192 g/mol. The van der Waals surface area contributed by atoms with Crippen LogP contribution >= 0.6 is 0 Å². The molecule has 0 aromatic carbocycles. The number of rotatable bonds is 3. The van der Waals surface area contributed by atoms with Crippen LogP contribution in [0.2, 0.25) is 0 Å². The Labute approximate surface area is 87.6 Å². The second-order valence-corrected chi connectivity index (χ2v) is 3.52. The van der Waals surface area contributed by atoms with E-state index in [9.17, 15) is 5.11 Å². The summed E-state index contributed by atoms with van der Waals surface area (Å²) in [6, 6.07) is 1.79. The third-order valence-corrected chi connectivity index (χ3v) is 2.43. The summed E-state index contributed by atoms with van der Waals surface area (Å²) >= 11 is 0. The van der Waals surface area contributed by atoms with Crippen molar-refractivity contribution >= 4 is 11.2 Å². The fraction of sp³-hybridized carbons (Fsp3) is 0.400. The van der Waals surface area contributed by atoms with E-state index in [-0.39, 0.29) is 0 Å². The van der Waals surface area contributed by atoms with Gasteiger partial charge in [-0.15, -0.1) is 0 Å². The molecule has 15 heavy (non-hydrogen) atoms. The molecule has 2 aromatic rings. The van der Waals surface area contributed by atoms with Crippen LogP contribution in [0.5, 0.6) is 0 Å². The van der Waals surface area contributed by atoms with Crippen molar-refractivity contribution in [3.05, 3.63) is 24.2 Å². The van der Waals surface area contributed by atoms with Gasteiger partial charge in [0.2, 0.25) is 0 Å². The van der Waals surface area contributed by atoms with Gasteiger partial charge in [0.25, 0.3) is 0 Å². The van der Waals surface area contributed by atoms with Gasteiger partial charge in [-0.2, -0.15) is 0 Å². The lowest BCUT2D eigenvalue weighted by atomic mass is 10.1. The normalized spacial score (nSPS) is 13.3. The summed E-state index contributed by atoms with van der Waals surface area (Å²) in [6.07, 6.45) is 3.35. The first-order valence-electron chi connectivity index (χ1n) is 4.88. The predicted octanol–water partition coefficient (Wildman–Crippen LogP) is 0.350. The highest BCUT2D eigenvalue weighted by atomic mass is 16.3. The largest absolute Gasteiger partial charge is 0.388 e. The minimum atomic E-state index is -0.560. The quantitative estimate of drug-likeness (QED) is 0.759.